The highest BCUT2D eigenvalue weighted by atomic mass is 16.5. The monoisotopic (exact) mass is 368 g/mol. The lowest BCUT2D eigenvalue weighted by molar-refractivity contribution is 0.168. The predicted octanol–water partition coefficient (Wildman–Crippen LogP) is 4.06. The molecular weight excluding hydrogens is 340 g/mol. The van der Waals surface area contributed by atoms with E-state index in [0.29, 0.717) is 17.9 Å². The molecule has 0 spiro atoms. The highest BCUT2D eigenvalue weighted by molar-refractivity contribution is 5.84. The smallest absolute Gasteiger partial charge is 0.124 e. The molecule has 27 heavy (non-hydrogen) atoms. The summed E-state index contributed by atoms with van der Waals surface area (Å²) in [6.07, 6.45) is 5.49. The standard InChI is InChI=1S/C22H28N2O3/c1-26-19-8-6-17(7-9-19)21(24-12-4-3-5-13-24)16-23-15-18-14-20(27-2)10-11-22(18)25/h6-11,14-15,21,25H,3-5,12-13,16H2,1-2H3/t21-/m1/s1. The molecule has 1 aliphatic heterocycles. The van der Waals surface area contributed by atoms with Gasteiger partial charge in [0, 0.05) is 11.8 Å². The zero-order valence-corrected chi connectivity index (χ0v) is 16.1. The van der Waals surface area contributed by atoms with Gasteiger partial charge >= 0.3 is 0 Å². The topological polar surface area (TPSA) is 54.3 Å². The molecule has 2 aromatic rings. The van der Waals surface area contributed by atoms with Gasteiger partial charge < -0.3 is 14.6 Å². The van der Waals surface area contributed by atoms with E-state index < -0.39 is 0 Å². The van der Waals surface area contributed by atoms with Gasteiger partial charge in [-0.25, -0.2) is 0 Å². The van der Waals surface area contributed by atoms with E-state index in [-0.39, 0.29) is 11.8 Å². The molecule has 1 heterocycles. The van der Waals surface area contributed by atoms with E-state index in [2.05, 4.69) is 22.0 Å². The summed E-state index contributed by atoms with van der Waals surface area (Å²) in [5, 5.41) is 10.0. The average molecular weight is 368 g/mol. The summed E-state index contributed by atoms with van der Waals surface area (Å²) in [5.41, 5.74) is 1.91. The van der Waals surface area contributed by atoms with Crippen molar-refractivity contribution in [1.29, 1.82) is 0 Å². The number of aliphatic imine (C=N–C) groups is 1. The molecule has 1 atom stereocenters. The Morgan fingerprint density at radius 1 is 1.00 bits per heavy atom. The van der Waals surface area contributed by atoms with Crippen molar-refractivity contribution in [3.05, 3.63) is 53.6 Å². The van der Waals surface area contributed by atoms with Crippen LogP contribution in [0.3, 0.4) is 0 Å². The quantitative estimate of drug-likeness (QED) is 0.749. The average Bonchev–Trinajstić information content (AvgIpc) is 2.73. The molecule has 3 rings (SSSR count). The molecule has 1 aliphatic rings. The van der Waals surface area contributed by atoms with Crippen LogP contribution in [0.5, 0.6) is 17.2 Å². The molecule has 0 radical (unpaired) electrons. The first-order valence-electron chi connectivity index (χ1n) is 9.46. The second-order valence-corrected chi connectivity index (χ2v) is 6.80. The molecule has 0 aromatic heterocycles. The first-order chi connectivity index (χ1) is 13.2. The first kappa shape index (κ1) is 19.2. The Balaban J connectivity index is 1.78. The number of aromatic hydroxyl groups is 1. The van der Waals surface area contributed by atoms with Crippen LogP contribution in [-0.2, 0) is 0 Å². The molecule has 0 amide bonds. The molecular formula is C22H28N2O3. The number of hydrogen-bond acceptors (Lipinski definition) is 5. The van der Waals surface area contributed by atoms with Gasteiger partial charge in [0.1, 0.15) is 17.2 Å². The van der Waals surface area contributed by atoms with E-state index in [1.807, 2.05) is 12.1 Å². The lowest BCUT2D eigenvalue weighted by Gasteiger charge is -2.34. The van der Waals surface area contributed by atoms with Crippen LogP contribution in [-0.4, -0.2) is 50.1 Å². The number of hydrogen-bond donors (Lipinski definition) is 1. The maximum absolute atomic E-state index is 10.0. The largest absolute Gasteiger partial charge is 0.507 e. The van der Waals surface area contributed by atoms with Crippen molar-refractivity contribution in [2.24, 2.45) is 4.99 Å². The molecule has 0 aliphatic carbocycles. The number of likely N-dealkylation sites (tertiary alicyclic amines) is 1. The Morgan fingerprint density at radius 2 is 1.67 bits per heavy atom. The van der Waals surface area contributed by atoms with Crippen LogP contribution in [0.4, 0.5) is 0 Å². The molecule has 1 N–H and O–H groups in total. The van der Waals surface area contributed by atoms with Crippen LogP contribution >= 0.6 is 0 Å². The zero-order chi connectivity index (χ0) is 19.1. The summed E-state index contributed by atoms with van der Waals surface area (Å²) in [6, 6.07) is 13.6. The fourth-order valence-electron chi connectivity index (χ4n) is 3.50. The summed E-state index contributed by atoms with van der Waals surface area (Å²) < 4.78 is 10.5. The number of benzene rings is 2. The summed E-state index contributed by atoms with van der Waals surface area (Å²) in [7, 11) is 3.30. The minimum atomic E-state index is 0.207. The first-order valence-corrected chi connectivity index (χ1v) is 9.46. The maximum atomic E-state index is 10.0. The number of ether oxygens (including phenoxy) is 2. The number of methoxy groups -OCH3 is 2. The fraction of sp³-hybridized carbons (Fsp3) is 0.409. The van der Waals surface area contributed by atoms with E-state index in [1.165, 1.54) is 24.8 Å². The van der Waals surface area contributed by atoms with Crippen LogP contribution < -0.4 is 9.47 Å². The molecule has 5 heteroatoms. The molecule has 144 valence electrons. The Morgan fingerprint density at radius 3 is 2.33 bits per heavy atom. The van der Waals surface area contributed by atoms with Crippen LogP contribution in [0.15, 0.2) is 47.5 Å². The lowest BCUT2D eigenvalue weighted by Crippen LogP contribution is -2.35. The normalized spacial score (nSPS) is 16.4. The van der Waals surface area contributed by atoms with Crippen molar-refractivity contribution in [2.45, 2.75) is 25.3 Å². The third-order valence-electron chi connectivity index (χ3n) is 5.08. The molecule has 1 saturated heterocycles. The van der Waals surface area contributed by atoms with E-state index >= 15 is 0 Å². The number of phenolic OH excluding ortho intramolecular Hbond substituents is 1. The van der Waals surface area contributed by atoms with E-state index in [9.17, 15) is 5.11 Å². The van der Waals surface area contributed by atoms with Crippen molar-refractivity contribution in [2.75, 3.05) is 33.9 Å². The number of nitrogens with zero attached hydrogens (tertiary/aromatic N) is 2. The van der Waals surface area contributed by atoms with Gasteiger partial charge in [0.2, 0.25) is 0 Å². The minimum Gasteiger partial charge on any atom is -0.507 e. The molecule has 0 bridgehead atoms. The van der Waals surface area contributed by atoms with Crippen molar-refractivity contribution >= 4 is 6.21 Å². The Hall–Kier alpha value is -2.53. The van der Waals surface area contributed by atoms with Crippen molar-refractivity contribution in [1.82, 2.24) is 4.90 Å². The minimum absolute atomic E-state index is 0.207. The van der Waals surface area contributed by atoms with Gasteiger partial charge in [0.25, 0.3) is 0 Å². The lowest BCUT2D eigenvalue weighted by atomic mass is 10.0. The highest BCUT2D eigenvalue weighted by Gasteiger charge is 2.22. The Labute approximate surface area is 161 Å². The maximum Gasteiger partial charge on any atom is 0.124 e. The molecule has 2 aromatic carbocycles. The second kappa shape index (κ2) is 9.42. The van der Waals surface area contributed by atoms with Crippen molar-refractivity contribution in [3.8, 4) is 17.2 Å². The molecule has 1 fully saturated rings. The summed E-state index contributed by atoms with van der Waals surface area (Å²) >= 11 is 0. The van der Waals surface area contributed by atoms with E-state index in [0.717, 1.165) is 18.8 Å². The molecule has 0 saturated carbocycles. The van der Waals surface area contributed by atoms with Gasteiger partial charge in [-0.05, 0) is 61.8 Å². The van der Waals surface area contributed by atoms with Crippen LogP contribution in [0.1, 0.15) is 36.4 Å². The SMILES string of the molecule is COc1ccc([C@@H](CN=Cc2cc(OC)ccc2O)N2CCCCC2)cc1. The van der Waals surface area contributed by atoms with Crippen LogP contribution in [0.2, 0.25) is 0 Å². The third kappa shape index (κ3) is 5.01. The van der Waals surface area contributed by atoms with Crippen molar-refractivity contribution in [3.63, 3.8) is 0 Å². The zero-order valence-electron chi connectivity index (χ0n) is 16.1. The fourth-order valence-corrected chi connectivity index (χ4v) is 3.50. The number of phenols is 1. The van der Waals surface area contributed by atoms with Gasteiger partial charge in [-0.1, -0.05) is 18.6 Å². The van der Waals surface area contributed by atoms with Crippen LogP contribution in [0.25, 0.3) is 0 Å². The Bertz CT molecular complexity index is 753. The predicted molar refractivity (Wildman–Crippen MR) is 108 cm³/mol. The van der Waals surface area contributed by atoms with Gasteiger partial charge in [0.15, 0.2) is 0 Å². The van der Waals surface area contributed by atoms with Gasteiger partial charge in [0.05, 0.1) is 26.8 Å². The second-order valence-electron chi connectivity index (χ2n) is 6.80. The van der Waals surface area contributed by atoms with Crippen LogP contribution in [0, 0.1) is 0 Å². The third-order valence-corrected chi connectivity index (χ3v) is 5.08. The van der Waals surface area contributed by atoms with Gasteiger partial charge in [-0.3, -0.25) is 9.89 Å². The molecule has 5 nitrogen and oxygen atoms in total. The number of piperidine rings is 1. The Kier molecular flexibility index (Phi) is 6.71. The van der Waals surface area contributed by atoms with E-state index in [4.69, 9.17) is 9.47 Å². The van der Waals surface area contributed by atoms with Gasteiger partial charge in [-0.15, -0.1) is 0 Å². The summed E-state index contributed by atoms with van der Waals surface area (Å²) in [6.45, 7) is 2.83. The summed E-state index contributed by atoms with van der Waals surface area (Å²) in [5.74, 6) is 1.77. The summed E-state index contributed by atoms with van der Waals surface area (Å²) in [4.78, 5) is 7.17. The number of rotatable bonds is 7. The highest BCUT2D eigenvalue weighted by Crippen LogP contribution is 2.27. The van der Waals surface area contributed by atoms with Gasteiger partial charge in [-0.2, -0.15) is 0 Å². The van der Waals surface area contributed by atoms with E-state index in [1.54, 1.807) is 38.6 Å². The molecule has 0 unspecified atom stereocenters. The van der Waals surface area contributed by atoms with Crippen molar-refractivity contribution < 1.29 is 14.6 Å².